The number of carbonyl (C=O) groups is 1. The third-order valence-corrected chi connectivity index (χ3v) is 4.01. The van der Waals surface area contributed by atoms with Gasteiger partial charge in [0.25, 0.3) is 0 Å². The summed E-state index contributed by atoms with van der Waals surface area (Å²) < 4.78 is 0. The van der Waals surface area contributed by atoms with E-state index in [1.807, 2.05) is 35.0 Å². The van der Waals surface area contributed by atoms with Crippen molar-refractivity contribution in [1.29, 1.82) is 0 Å². The summed E-state index contributed by atoms with van der Waals surface area (Å²) in [5.74, 6) is -0.201. The first-order valence-corrected chi connectivity index (χ1v) is 7.89. The fourth-order valence-corrected chi connectivity index (χ4v) is 2.70. The van der Waals surface area contributed by atoms with Crippen LogP contribution in [0.25, 0.3) is 6.08 Å². The molecule has 2 N–H and O–H groups in total. The number of hydrogen-bond donors (Lipinski definition) is 2. The topological polar surface area (TPSA) is 49.3 Å². The monoisotopic (exact) mass is 321 g/mol. The number of benzene rings is 1. The Morgan fingerprint density at radius 3 is 2.90 bits per heavy atom. The fourth-order valence-electron chi connectivity index (χ4n) is 1.80. The molecule has 1 amide bonds. The van der Waals surface area contributed by atoms with Gasteiger partial charge in [0.1, 0.15) is 0 Å². The number of thiophene rings is 1. The van der Waals surface area contributed by atoms with Crippen molar-refractivity contribution in [1.82, 2.24) is 5.32 Å². The third-order valence-electron chi connectivity index (χ3n) is 2.96. The summed E-state index contributed by atoms with van der Waals surface area (Å²) in [5.41, 5.74) is 1.69. The summed E-state index contributed by atoms with van der Waals surface area (Å²) in [7, 11) is 0. The van der Waals surface area contributed by atoms with Crippen molar-refractivity contribution in [3.05, 3.63) is 63.3 Å². The molecule has 1 atom stereocenters. The average molecular weight is 322 g/mol. The van der Waals surface area contributed by atoms with E-state index in [-0.39, 0.29) is 5.91 Å². The number of halogens is 1. The zero-order valence-corrected chi connectivity index (χ0v) is 12.9. The molecule has 0 aliphatic heterocycles. The van der Waals surface area contributed by atoms with Gasteiger partial charge in [-0.05, 0) is 46.5 Å². The Bertz CT molecular complexity index is 610. The van der Waals surface area contributed by atoms with E-state index in [2.05, 4.69) is 5.32 Å². The predicted octanol–water partition coefficient (Wildman–Crippen LogP) is 3.65. The molecule has 0 bridgehead atoms. The van der Waals surface area contributed by atoms with Crippen LogP contribution in [-0.2, 0) is 4.79 Å². The van der Waals surface area contributed by atoms with E-state index in [9.17, 15) is 9.90 Å². The lowest BCUT2D eigenvalue weighted by molar-refractivity contribution is -0.116. The van der Waals surface area contributed by atoms with Gasteiger partial charge in [-0.25, -0.2) is 0 Å². The average Bonchev–Trinajstić information content (AvgIpc) is 3.00. The Morgan fingerprint density at radius 1 is 1.38 bits per heavy atom. The van der Waals surface area contributed by atoms with Crippen molar-refractivity contribution in [3.63, 3.8) is 0 Å². The smallest absolute Gasteiger partial charge is 0.244 e. The van der Waals surface area contributed by atoms with Gasteiger partial charge in [-0.15, -0.1) is 0 Å². The molecule has 1 aromatic heterocycles. The van der Waals surface area contributed by atoms with Gasteiger partial charge in [0.2, 0.25) is 5.91 Å². The van der Waals surface area contributed by atoms with Crippen molar-refractivity contribution in [3.8, 4) is 0 Å². The van der Waals surface area contributed by atoms with E-state index >= 15 is 0 Å². The Kier molecular flexibility index (Phi) is 5.99. The van der Waals surface area contributed by atoms with Crippen molar-refractivity contribution >= 4 is 34.9 Å². The second-order valence-corrected chi connectivity index (χ2v) is 5.69. The van der Waals surface area contributed by atoms with E-state index < -0.39 is 6.10 Å². The molecule has 0 aliphatic rings. The summed E-state index contributed by atoms with van der Waals surface area (Å²) in [6, 6.07) is 9.20. The Balaban J connectivity index is 1.76. The molecule has 5 heteroatoms. The van der Waals surface area contributed by atoms with Gasteiger partial charge in [0, 0.05) is 17.6 Å². The van der Waals surface area contributed by atoms with Crippen LogP contribution in [0.15, 0.2) is 47.2 Å². The highest BCUT2D eigenvalue weighted by Crippen LogP contribution is 2.18. The third kappa shape index (κ3) is 5.01. The Morgan fingerprint density at radius 2 is 2.19 bits per heavy atom. The highest BCUT2D eigenvalue weighted by molar-refractivity contribution is 7.07. The maximum Gasteiger partial charge on any atom is 0.244 e. The summed E-state index contributed by atoms with van der Waals surface area (Å²) in [6.07, 6.45) is 3.07. The molecule has 21 heavy (non-hydrogen) atoms. The number of nitrogens with one attached hydrogen (secondary N) is 1. The molecule has 3 nitrogen and oxygen atoms in total. The van der Waals surface area contributed by atoms with E-state index in [0.29, 0.717) is 18.0 Å². The molecule has 0 saturated heterocycles. The Hall–Kier alpha value is -1.62. The van der Waals surface area contributed by atoms with Crippen LogP contribution >= 0.6 is 22.9 Å². The minimum absolute atomic E-state index is 0.201. The molecule has 1 aromatic carbocycles. The van der Waals surface area contributed by atoms with Crippen LogP contribution < -0.4 is 5.32 Å². The largest absolute Gasteiger partial charge is 0.388 e. The molecule has 0 radical (unpaired) electrons. The van der Waals surface area contributed by atoms with Crippen LogP contribution in [0.2, 0.25) is 5.02 Å². The highest BCUT2D eigenvalue weighted by atomic mass is 35.5. The van der Waals surface area contributed by atoms with Crippen molar-refractivity contribution in [2.45, 2.75) is 12.5 Å². The van der Waals surface area contributed by atoms with E-state index in [0.717, 1.165) is 11.1 Å². The van der Waals surface area contributed by atoms with Crippen molar-refractivity contribution in [2.24, 2.45) is 0 Å². The SMILES string of the molecule is O=C(/C=C/c1ccccc1Cl)NCC[C@@H](O)c1ccsc1. The number of hydrogen-bond acceptors (Lipinski definition) is 3. The number of rotatable bonds is 6. The minimum atomic E-state index is -0.538. The van der Waals surface area contributed by atoms with E-state index in [4.69, 9.17) is 11.6 Å². The lowest BCUT2D eigenvalue weighted by Crippen LogP contribution is -2.23. The van der Waals surface area contributed by atoms with Crippen LogP contribution in [0, 0.1) is 0 Å². The van der Waals surface area contributed by atoms with Gasteiger partial charge in [0.15, 0.2) is 0 Å². The molecular weight excluding hydrogens is 306 g/mol. The van der Waals surface area contributed by atoms with Crippen LogP contribution in [0.4, 0.5) is 0 Å². The molecular formula is C16H16ClNO2S. The molecule has 0 unspecified atom stereocenters. The molecule has 2 aromatic rings. The molecule has 2 rings (SSSR count). The molecule has 110 valence electrons. The number of carbonyl (C=O) groups excluding carboxylic acids is 1. The lowest BCUT2D eigenvalue weighted by Gasteiger charge is -2.08. The first-order valence-electron chi connectivity index (χ1n) is 6.57. The maximum absolute atomic E-state index is 11.7. The molecule has 0 fully saturated rings. The summed E-state index contributed by atoms with van der Waals surface area (Å²) in [6.45, 7) is 0.419. The van der Waals surface area contributed by atoms with E-state index in [1.54, 1.807) is 23.5 Å². The second-order valence-electron chi connectivity index (χ2n) is 4.51. The van der Waals surface area contributed by atoms with Crippen LogP contribution in [0.3, 0.4) is 0 Å². The first-order chi connectivity index (χ1) is 10.2. The van der Waals surface area contributed by atoms with Gasteiger partial charge >= 0.3 is 0 Å². The van der Waals surface area contributed by atoms with Gasteiger partial charge < -0.3 is 10.4 Å². The molecule has 0 saturated carbocycles. The van der Waals surface area contributed by atoms with Crippen molar-refractivity contribution < 1.29 is 9.90 Å². The lowest BCUT2D eigenvalue weighted by atomic mass is 10.1. The van der Waals surface area contributed by atoms with Crippen molar-refractivity contribution in [2.75, 3.05) is 6.54 Å². The highest BCUT2D eigenvalue weighted by Gasteiger charge is 2.07. The van der Waals surface area contributed by atoms with Crippen LogP contribution in [0.5, 0.6) is 0 Å². The minimum Gasteiger partial charge on any atom is -0.388 e. The predicted molar refractivity (Wildman–Crippen MR) is 87.4 cm³/mol. The Labute approximate surface area is 132 Å². The number of aliphatic hydroxyl groups excluding tert-OH is 1. The zero-order chi connectivity index (χ0) is 15.1. The van der Waals surface area contributed by atoms with Crippen LogP contribution in [0.1, 0.15) is 23.7 Å². The molecule has 0 spiro atoms. The van der Waals surface area contributed by atoms with Crippen LogP contribution in [-0.4, -0.2) is 17.6 Å². The zero-order valence-electron chi connectivity index (χ0n) is 11.3. The maximum atomic E-state index is 11.7. The number of amides is 1. The van der Waals surface area contributed by atoms with E-state index in [1.165, 1.54) is 6.08 Å². The second kappa shape index (κ2) is 7.98. The van der Waals surface area contributed by atoms with Gasteiger partial charge in [0.05, 0.1) is 6.10 Å². The molecule has 0 aliphatic carbocycles. The summed E-state index contributed by atoms with van der Waals surface area (Å²) in [5, 5.41) is 17.1. The molecule has 1 heterocycles. The standard InChI is InChI=1S/C16H16ClNO2S/c17-14-4-2-1-3-12(14)5-6-16(20)18-9-7-15(19)13-8-10-21-11-13/h1-6,8,10-11,15,19H,7,9H2,(H,18,20)/b6-5+/t15-/m1/s1. The fraction of sp³-hybridized carbons (Fsp3) is 0.188. The van der Waals surface area contributed by atoms with Gasteiger partial charge in [-0.1, -0.05) is 29.8 Å². The first kappa shape index (κ1) is 15.8. The number of aliphatic hydroxyl groups is 1. The van der Waals surface area contributed by atoms with Gasteiger partial charge in [-0.3, -0.25) is 4.79 Å². The van der Waals surface area contributed by atoms with Gasteiger partial charge in [-0.2, -0.15) is 11.3 Å². The normalized spacial score (nSPS) is 12.5. The summed E-state index contributed by atoms with van der Waals surface area (Å²) in [4.78, 5) is 11.7. The quantitative estimate of drug-likeness (QED) is 0.798. The summed E-state index contributed by atoms with van der Waals surface area (Å²) >= 11 is 7.54.